The van der Waals surface area contributed by atoms with Crippen molar-refractivity contribution in [2.45, 2.75) is 23.9 Å². The highest BCUT2D eigenvalue weighted by atomic mass is 32.2. The van der Waals surface area contributed by atoms with Crippen LogP contribution in [-0.4, -0.2) is 30.0 Å². The minimum Gasteiger partial charge on any atom is -0.326 e. The first-order valence-corrected chi connectivity index (χ1v) is 14.2. The van der Waals surface area contributed by atoms with Crippen LogP contribution in [0, 0.1) is 0 Å². The van der Waals surface area contributed by atoms with Crippen LogP contribution in [-0.2, 0) is 27.2 Å². The van der Waals surface area contributed by atoms with E-state index in [1.54, 1.807) is 30.5 Å². The summed E-state index contributed by atoms with van der Waals surface area (Å²) in [7, 11) is -3.26. The largest absolute Gasteiger partial charge is 0.416 e. The highest BCUT2D eigenvalue weighted by Crippen LogP contribution is 2.31. The summed E-state index contributed by atoms with van der Waals surface area (Å²) in [6.07, 6.45) is 0.930. The molecule has 0 aliphatic heterocycles. The molecule has 0 fully saturated rings. The molecular weight excluding hydrogens is 539 g/mol. The molecule has 2 heterocycles. The third-order valence-corrected chi connectivity index (χ3v) is 7.62. The Labute approximate surface area is 229 Å². The predicted octanol–water partition coefficient (Wildman–Crippen LogP) is 6.66. The molecule has 0 unspecified atom stereocenters. The summed E-state index contributed by atoms with van der Waals surface area (Å²) in [6.45, 7) is 0. The Balaban J connectivity index is 1.24. The highest BCUT2D eigenvalue weighted by molar-refractivity contribution is 7.90. The molecule has 0 radical (unpaired) electrons. The first kappa shape index (κ1) is 27.1. The van der Waals surface area contributed by atoms with Gasteiger partial charge in [-0.2, -0.15) is 13.2 Å². The quantitative estimate of drug-likeness (QED) is 0.240. The summed E-state index contributed by atoms with van der Waals surface area (Å²) in [5.41, 5.74) is 4.53. The molecule has 2 aromatic heterocycles. The second-order valence-electron chi connectivity index (χ2n) is 9.41. The zero-order chi connectivity index (χ0) is 28.5. The second-order valence-corrected chi connectivity index (χ2v) is 11.4. The first-order valence-electron chi connectivity index (χ1n) is 12.3. The lowest BCUT2D eigenvalue weighted by Gasteiger charge is -2.10. The molecule has 5 rings (SSSR count). The Morgan fingerprint density at radius 1 is 0.900 bits per heavy atom. The molecule has 0 aliphatic carbocycles. The van der Waals surface area contributed by atoms with Crippen LogP contribution in [0.4, 0.5) is 18.9 Å². The lowest BCUT2D eigenvalue weighted by atomic mass is 10.1. The number of carbonyl (C=O) groups excluding carboxylic acids is 1. The summed E-state index contributed by atoms with van der Waals surface area (Å²) in [5.74, 6) is -0.369. The topological polar surface area (TPSA) is 80.5 Å². The van der Waals surface area contributed by atoms with Crippen LogP contribution < -0.4 is 5.32 Å². The smallest absolute Gasteiger partial charge is 0.326 e. The van der Waals surface area contributed by atoms with Crippen LogP contribution in [0.5, 0.6) is 0 Å². The maximum absolute atomic E-state index is 12.9. The van der Waals surface area contributed by atoms with E-state index in [4.69, 9.17) is 0 Å². The minimum absolute atomic E-state index is 0.108. The molecule has 40 heavy (non-hydrogen) atoms. The van der Waals surface area contributed by atoms with Crippen molar-refractivity contribution in [1.29, 1.82) is 0 Å². The first-order chi connectivity index (χ1) is 19.0. The van der Waals surface area contributed by atoms with E-state index in [1.807, 2.05) is 47.0 Å². The standard InChI is InChI=1S/C30H24F3N3O3S/c1-40(38,39)26-12-10-21(11-13-26)23-15-16-36-27(19-34-28(36)17-23)22-8-5-20(6-9-22)7-14-29(37)35-25-4-2-3-24(18-25)30(31,32)33/h2-6,8-13,15-19H,7,14H2,1H3,(H,35,37). The van der Waals surface area contributed by atoms with Crippen LogP contribution in [0.1, 0.15) is 17.5 Å². The number of nitrogens with zero attached hydrogens (tertiary/aromatic N) is 2. The van der Waals surface area contributed by atoms with Gasteiger partial charge >= 0.3 is 6.18 Å². The predicted molar refractivity (Wildman–Crippen MR) is 148 cm³/mol. The third-order valence-electron chi connectivity index (χ3n) is 6.49. The average Bonchev–Trinajstić information content (AvgIpc) is 3.35. The van der Waals surface area contributed by atoms with Crippen molar-refractivity contribution < 1.29 is 26.4 Å². The van der Waals surface area contributed by atoms with E-state index < -0.39 is 21.6 Å². The van der Waals surface area contributed by atoms with Crippen molar-refractivity contribution in [1.82, 2.24) is 9.38 Å². The number of benzene rings is 3. The highest BCUT2D eigenvalue weighted by Gasteiger charge is 2.30. The van der Waals surface area contributed by atoms with E-state index in [0.29, 0.717) is 6.42 Å². The van der Waals surface area contributed by atoms with Gasteiger partial charge in [0.05, 0.1) is 22.3 Å². The van der Waals surface area contributed by atoms with Crippen LogP contribution in [0.15, 0.2) is 102 Å². The van der Waals surface area contributed by atoms with Crippen molar-refractivity contribution in [3.63, 3.8) is 0 Å². The van der Waals surface area contributed by atoms with E-state index in [9.17, 15) is 26.4 Å². The molecule has 10 heteroatoms. The molecule has 0 aliphatic rings. The molecule has 1 N–H and O–H groups in total. The van der Waals surface area contributed by atoms with Gasteiger partial charge in [-0.25, -0.2) is 13.4 Å². The van der Waals surface area contributed by atoms with Crippen molar-refractivity contribution >= 4 is 27.1 Å². The van der Waals surface area contributed by atoms with Crippen LogP contribution in [0.3, 0.4) is 0 Å². The zero-order valence-corrected chi connectivity index (χ0v) is 22.1. The van der Waals surface area contributed by atoms with Crippen LogP contribution in [0.25, 0.3) is 28.0 Å². The van der Waals surface area contributed by atoms with Crippen LogP contribution in [0.2, 0.25) is 0 Å². The van der Waals surface area contributed by atoms with Gasteiger partial charge in [-0.15, -0.1) is 0 Å². The number of amides is 1. The summed E-state index contributed by atoms with van der Waals surface area (Å²) in [4.78, 5) is 17.1. The van der Waals surface area contributed by atoms with Gasteiger partial charge in [-0.1, -0.05) is 42.5 Å². The number of alkyl halides is 3. The van der Waals surface area contributed by atoms with E-state index in [-0.39, 0.29) is 22.9 Å². The number of hydrogen-bond donors (Lipinski definition) is 1. The SMILES string of the molecule is CS(=O)(=O)c1ccc(-c2ccn3c(-c4ccc(CCC(=O)Nc5cccc(C(F)(F)F)c5)cc4)cnc3c2)cc1. The molecule has 0 saturated heterocycles. The van der Waals surface area contributed by atoms with E-state index in [0.717, 1.165) is 45.7 Å². The van der Waals surface area contributed by atoms with Crippen molar-refractivity contribution in [2.75, 3.05) is 11.6 Å². The number of hydrogen-bond acceptors (Lipinski definition) is 4. The lowest BCUT2D eigenvalue weighted by Crippen LogP contribution is -2.13. The Morgan fingerprint density at radius 2 is 1.60 bits per heavy atom. The number of pyridine rings is 1. The maximum Gasteiger partial charge on any atom is 0.416 e. The van der Waals surface area contributed by atoms with E-state index in [2.05, 4.69) is 10.3 Å². The number of anilines is 1. The van der Waals surface area contributed by atoms with Crippen LogP contribution >= 0.6 is 0 Å². The molecule has 6 nitrogen and oxygen atoms in total. The number of halogens is 3. The molecule has 0 saturated carbocycles. The van der Waals surface area contributed by atoms with Gasteiger partial charge < -0.3 is 5.32 Å². The number of fused-ring (bicyclic) bond motifs is 1. The van der Waals surface area contributed by atoms with Gasteiger partial charge in [0.15, 0.2) is 9.84 Å². The summed E-state index contributed by atoms with van der Waals surface area (Å²) in [6, 6.07) is 22.8. The average molecular weight is 564 g/mol. The summed E-state index contributed by atoms with van der Waals surface area (Å²) in [5, 5.41) is 2.53. The number of sulfone groups is 1. The Bertz CT molecular complexity index is 1790. The summed E-state index contributed by atoms with van der Waals surface area (Å²) >= 11 is 0. The number of rotatable bonds is 7. The molecule has 0 bridgehead atoms. The van der Waals surface area contributed by atoms with Gasteiger partial charge in [0.25, 0.3) is 0 Å². The van der Waals surface area contributed by atoms with E-state index in [1.165, 1.54) is 18.4 Å². The molecular formula is C30H24F3N3O3S. The third kappa shape index (κ3) is 6.07. The normalized spacial score (nSPS) is 12.0. The molecule has 5 aromatic rings. The fraction of sp³-hybridized carbons (Fsp3) is 0.133. The summed E-state index contributed by atoms with van der Waals surface area (Å²) < 4.78 is 64.1. The van der Waals surface area contributed by atoms with Crippen molar-refractivity contribution in [3.8, 4) is 22.4 Å². The second kappa shape index (κ2) is 10.6. The molecule has 3 aromatic carbocycles. The number of imidazole rings is 1. The zero-order valence-electron chi connectivity index (χ0n) is 21.3. The van der Waals surface area contributed by atoms with Crippen molar-refractivity contribution in [2.24, 2.45) is 0 Å². The number of aromatic nitrogens is 2. The van der Waals surface area contributed by atoms with Gasteiger partial charge in [-0.05, 0) is 65.6 Å². The fourth-order valence-corrected chi connectivity index (χ4v) is 5.00. The van der Waals surface area contributed by atoms with Crippen molar-refractivity contribution in [3.05, 3.63) is 108 Å². The van der Waals surface area contributed by atoms with E-state index >= 15 is 0 Å². The Morgan fingerprint density at radius 3 is 2.27 bits per heavy atom. The van der Waals surface area contributed by atoms with Gasteiger partial charge in [0.2, 0.25) is 5.91 Å². The number of aryl methyl sites for hydroxylation is 1. The Hall–Kier alpha value is -4.44. The minimum atomic E-state index is -4.47. The monoisotopic (exact) mass is 563 g/mol. The van der Waals surface area contributed by atoms with Gasteiger partial charge in [0.1, 0.15) is 5.65 Å². The maximum atomic E-state index is 12.9. The molecule has 204 valence electrons. The lowest BCUT2D eigenvalue weighted by molar-refractivity contribution is -0.137. The Kier molecular flexibility index (Phi) is 7.20. The number of carbonyl (C=O) groups is 1. The molecule has 1 amide bonds. The van der Waals surface area contributed by atoms with Gasteiger partial charge in [-0.3, -0.25) is 9.20 Å². The fourth-order valence-electron chi connectivity index (χ4n) is 4.37. The molecule has 0 spiro atoms. The number of nitrogens with one attached hydrogen (secondary N) is 1. The van der Waals surface area contributed by atoms with Gasteiger partial charge in [0, 0.05) is 30.1 Å². The molecule has 0 atom stereocenters.